The monoisotopic (exact) mass is 249 g/mol. The minimum Gasteiger partial charge on any atom is -0.358 e. The molecule has 18 heavy (non-hydrogen) atoms. The molecule has 1 atom stereocenters. The lowest BCUT2D eigenvalue weighted by Gasteiger charge is -2.09. The Morgan fingerprint density at radius 2 is 2.33 bits per heavy atom. The number of nitrogens with zero attached hydrogens (tertiary/aromatic N) is 2. The van der Waals surface area contributed by atoms with Gasteiger partial charge >= 0.3 is 5.82 Å². The van der Waals surface area contributed by atoms with Gasteiger partial charge in [0, 0.05) is 18.5 Å². The van der Waals surface area contributed by atoms with E-state index in [0.717, 1.165) is 0 Å². The molecule has 0 saturated carbocycles. The number of hydrogen-bond donors (Lipinski definition) is 3. The lowest BCUT2D eigenvalue weighted by atomic mass is 10.3. The molecule has 1 amide bonds. The van der Waals surface area contributed by atoms with E-state index < -0.39 is 10.8 Å². The second-order valence-electron chi connectivity index (χ2n) is 3.68. The molecule has 2 heterocycles. The Morgan fingerprint density at radius 3 is 2.89 bits per heavy atom. The fraction of sp³-hybridized carbons (Fsp3) is 0.200. The maximum Gasteiger partial charge on any atom is 0.321 e. The molecule has 2 aromatic heterocycles. The first kappa shape index (κ1) is 11.8. The molecule has 8 heteroatoms. The number of H-pyrrole nitrogens is 2. The minimum absolute atomic E-state index is 0.139. The van der Waals surface area contributed by atoms with Crippen LogP contribution in [0.3, 0.4) is 0 Å². The van der Waals surface area contributed by atoms with Crippen LogP contribution in [0.4, 0.5) is 5.82 Å². The van der Waals surface area contributed by atoms with Crippen LogP contribution in [0.5, 0.6) is 0 Å². The van der Waals surface area contributed by atoms with Gasteiger partial charge in [0.2, 0.25) is 0 Å². The molecule has 0 spiro atoms. The first-order chi connectivity index (χ1) is 8.58. The summed E-state index contributed by atoms with van der Waals surface area (Å²) in [6, 6.07) is 2.30. The average molecular weight is 249 g/mol. The predicted octanol–water partition coefficient (Wildman–Crippen LogP) is 1.14. The van der Waals surface area contributed by atoms with Gasteiger partial charge in [0.25, 0.3) is 5.91 Å². The molecular formula is C10H11N5O3. The molecule has 0 fully saturated rings. The molecule has 0 radical (unpaired) electrons. The van der Waals surface area contributed by atoms with Crippen molar-refractivity contribution in [1.29, 1.82) is 0 Å². The number of hydrogen-bond acceptors (Lipinski definition) is 4. The maximum absolute atomic E-state index is 11.8. The highest BCUT2D eigenvalue weighted by Gasteiger charge is 2.18. The Bertz CT molecular complexity index is 560. The third-order valence-electron chi connectivity index (χ3n) is 2.39. The Hall–Kier alpha value is -2.64. The van der Waals surface area contributed by atoms with Gasteiger partial charge in [0.05, 0.1) is 6.04 Å². The van der Waals surface area contributed by atoms with Crippen molar-refractivity contribution in [2.75, 3.05) is 0 Å². The summed E-state index contributed by atoms with van der Waals surface area (Å²) in [6.07, 6.45) is 3.23. The lowest BCUT2D eigenvalue weighted by molar-refractivity contribution is -0.389. The maximum atomic E-state index is 11.8. The third-order valence-corrected chi connectivity index (χ3v) is 2.39. The van der Waals surface area contributed by atoms with E-state index in [-0.39, 0.29) is 17.6 Å². The van der Waals surface area contributed by atoms with Crippen LogP contribution >= 0.6 is 0 Å². The van der Waals surface area contributed by atoms with Gasteiger partial charge < -0.3 is 20.4 Å². The van der Waals surface area contributed by atoms with Crippen molar-refractivity contribution < 1.29 is 9.72 Å². The third kappa shape index (κ3) is 2.37. The molecule has 0 aliphatic carbocycles. The summed E-state index contributed by atoms with van der Waals surface area (Å²) in [5, 5.41) is 13.1. The second kappa shape index (κ2) is 4.70. The van der Waals surface area contributed by atoms with E-state index >= 15 is 0 Å². The summed E-state index contributed by atoms with van der Waals surface area (Å²) >= 11 is 0. The second-order valence-corrected chi connectivity index (χ2v) is 3.68. The molecular weight excluding hydrogens is 238 g/mol. The van der Waals surface area contributed by atoms with Crippen LogP contribution in [0.2, 0.25) is 0 Å². The van der Waals surface area contributed by atoms with E-state index in [0.29, 0.717) is 5.82 Å². The summed E-state index contributed by atoms with van der Waals surface area (Å²) in [5.74, 6) is -0.0257. The van der Waals surface area contributed by atoms with Crippen LogP contribution in [0.15, 0.2) is 24.5 Å². The average Bonchev–Trinajstić information content (AvgIpc) is 3.00. The fourth-order valence-corrected chi connectivity index (χ4v) is 1.48. The van der Waals surface area contributed by atoms with E-state index in [2.05, 4.69) is 20.3 Å². The molecule has 2 rings (SSSR count). The van der Waals surface area contributed by atoms with Gasteiger partial charge in [-0.25, -0.2) is 9.97 Å². The van der Waals surface area contributed by atoms with Crippen molar-refractivity contribution in [2.45, 2.75) is 13.0 Å². The van der Waals surface area contributed by atoms with E-state index in [1.807, 2.05) is 0 Å². The summed E-state index contributed by atoms with van der Waals surface area (Å²) < 4.78 is 0. The molecule has 1 unspecified atom stereocenters. The Kier molecular flexibility index (Phi) is 3.09. The molecule has 0 saturated heterocycles. The molecule has 0 aliphatic rings. The predicted molar refractivity (Wildman–Crippen MR) is 61.9 cm³/mol. The number of aromatic nitrogens is 3. The van der Waals surface area contributed by atoms with Gasteiger partial charge in [-0.05, 0) is 17.9 Å². The van der Waals surface area contributed by atoms with Crippen molar-refractivity contribution in [3.63, 3.8) is 0 Å². The first-order valence-corrected chi connectivity index (χ1v) is 5.21. The normalized spacial score (nSPS) is 12.1. The van der Waals surface area contributed by atoms with Crippen LogP contribution in [-0.2, 0) is 0 Å². The highest BCUT2D eigenvalue weighted by atomic mass is 16.6. The zero-order valence-electron chi connectivity index (χ0n) is 9.51. The molecule has 0 bridgehead atoms. The quantitative estimate of drug-likeness (QED) is 0.556. The lowest BCUT2D eigenvalue weighted by Crippen LogP contribution is -2.27. The van der Waals surface area contributed by atoms with Gasteiger partial charge in [-0.2, -0.15) is 0 Å². The number of nitrogens with one attached hydrogen (secondary N) is 3. The number of carbonyl (C=O) groups is 1. The van der Waals surface area contributed by atoms with E-state index in [1.54, 1.807) is 19.3 Å². The van der Waals surface area contributed by atoms with Crippen LogP contribution in [0.25, 0.3) is 0 Å². The number of imidazole rings is 1. The largest absolute Gasteiger partial charge is 0.358 e. The zero-order valence-corrected chi connectivity index (χ0v) is 9.51. The first-order valence-electron chi connectivity index (χ1n) is 5.21. The molecule has 8 nitrogen and oxygen atoms in total. The Morgan fingerprint density at radius 1 is 1.56 bits per heavy atom. The van der Waals surface area contributed by atoms with Crippen molar-refractivity contribution >= 4 is 11.7 Å². The highest BCUT2D eigenvalue weighted by molar-refractivity contribution is 5.93. The molecule has 0 aliphatic heterocycles. The van der Waals surface area contributed by atoms with Crippen LogP contribution < -0.4 is 5.32 Å². The fourth-order valence-electron chi connectivity index (χ4n) is 1.48. The smallest absolute Gasteiger partial charge is 0.321 e. The van der Waals surface area contributed by atoms with Crippen LogP contribution in [0, 0.1) is 10.1 Å². The molecule has 3 N–H and O–H groups in total. The van der Waals surface area contributed by atoms with Gasteiger partial charge in [0.1, 0.15) is 5.82 Å². The van der Waals surface area contributed by atoms with Crippen molar-refractivity contribution in [2.24, 2.45) is 0 Å². The Balaban J connectivity index is 2.05. The summed E-state index contributed by atoms with van der Waals surface area (Å²) in [5.41, 5.74) is 0.139. The molecule has 94 valence electrons. The van der Waals surface area contributed by atoms with Crippen molar-refractivity contribution in [1.82, 2.24) is 20.3 Å². The van der Waals surface area contributed by atoms with Crippen molar-refractivity contribution in [3.8, 4) is 0 Å². The number of amides is 1. The minimum atomic E-state index is -0.591. The summed E-state index contributed by atoms with van der Waals surface area (Å²) in [7, 11) is 0. The Labute approximate surface area is 102 Å². The van der Waals surface area contributed by atoms with Gasteiger partial charge in [-0.3, -0.25) is 4.79 Å². The number of carbonyl (C=O) groups excluding carboxylic acids is 1. The van der Waals surface area contributed by atoms with Gasteiger partial charge in [-0.15, -0.1) is 0 Å². The number of aromatic amines is 2. The molecule has 0 aromatic carbocycles. The van der Waals surface area contributed by atoms with Crippen LogP contribution in [-0.4, -0.2) is 25.8 Å². The summed E-state index contributed by atoms with van der Waals surface area (Å²) in [4.78, 5) is 31.0. The van der Waals surface area contributed by atoms with Crippen molar-refractivity contribution in [3.05, 3.63) is 46.2 Å². The van der Waals surface area contributed by atoms with Crippen LogP contribution in [0.1, 0.15) is 29.3 Å². The topological polar surface area (TPSA) is 117 Å². The molecule has 2 aromatic rings. The van der Waals surface area contributed by atoms with Gasteiger partial charge in [0.15, 0.2) is 5.69 Å². The SMILES string of the molecule is CC(NC(=O)c1ccc([N+](=O)[O-])[nH]1)c1ncc[nH]1. The van der Waals surface area contributed by atoms with Gasteiger partial charge in [-0.1, -0.05) is 0 Å². The number of rotatable bonds is 4. The van der Waals surface area contributed by atoms with E-state index in [1.165, 1.54) is 12.1 Å². The summed E-state index contributed by atoms with van der Waals surface area (Å²) in [6.45, 7) is 1.76. The van der Waals surface area contributed by atoms with E-state index in [4.69, 9.17) is 0 Å². The zero-order chi connectivity index (χ0) is 13.1. The highest BCUT2D eigenvalue weighted by Crippen LogP contribution is 2.11. The number of nitro groups is 1. The standard InChI is InChI=1S/C10H11N5O3/c1-6(9-11-4-5-12-9)13-10(16)7-2-3-8(14-7)15(17)18/h2-6,14H,1H3,(H,11,12)(H,13,16). The van der Waals surface area contributed by atoms with E-state index in [9.17, 15) is 14.9 Å².